The van der Waals surface area contributed by atoms with Crippen LogP contribution in [0.25, 0.3) is 0 Å². The van der Waals surface area contributed by atoms with Gasteiger partial charge in [-0.1, -0.05) is 18.2 Å². The van der Waals surface area contributed by atoms with Crippen LogP contribution in [0.15, 0.2) is 29.1 Å². The topological polar surface area (TPSA) is 59.9 Å². The zero-order valence-electron chi connectivity index (χ0n) is 9.23. The highest BCUT2D eigenvalue weighted by atomic mass is 16.5. The summed E-state index contributed by atoms with van der Waals surface area (Å²) in [7, 11) is 1.66. The van der Waals surface area contributed by atoms with E-state index in [-0.39, 0.29) is 12.3 Å². The van der Waals surface area contributed by atoms with Crippen molar-refractivity contribution < 1.29 is 4.74 Å². The number of ether oxygens (including phenoxy) is 1. The summed E-state index contributed by atoms with van der Waals surface area (Å²) in [5, 5.41) is 6.23. The van der Waals surface area contributed by atoms with Crippen molar-refractivity contribution in [3.8, 4) is 5.75 Å². The predicted molar refractivity (Wildman–Crippen MR) is 59.3 cm³/mol. The summed E-state index contributed by atoms with van der Waals surface area (Å²) < 4.78 is 7.00. The molecule has 0 radical (unpaired) electrons. The lowest BCUT2D eigenvalue weighted by molar-refractivity contribution is 0.289. The summed E-state index contributed by atoms with van der Waals surface area (Å²) in [6, 6.07) is 7.72. The molecule has 2 rings (SSSR count). The van der Waals surface area contributed by atoms with Gasteiger partial charge in [0.2, 0.25) is 0 Å². The third kappa shape index (κ3) is 1.98. The van der Waals surface area contributed by atoms with Crippen molar-refractivity contribution in [2.75, 3.05) is 0 Å². The average molecular weight is 219 g/mol. The Morgan fingerprint density at radius 1 is 1.44 bits per heavy atom. The molecular weight excluding hydrogens is 206 g/mol. The number of nitrogens with zero attached hydrogens (tertiary/aromatic N) is 2. The molecule has 16 heavy (non-hydrogen) atoms. The summed E-state index contributed by atoms with van der Waals surface area (Å²) in [4.78, 5) is 11.1. The van der Waals surface area contributed by atoms with Crippen molar-refractivity contribution in [2.24, 2.45) is 7.05 Å². The maximum absolute atomic E-state index is 11.1. The van der Waals surface area contributed by atoms with E-state index in [1.54, 1.807) is 7.05 Å². The van der Waals surface area contributed by atoms with Gasteiger partial charge in [0.15, 0.2) is 5.82 Å². The number of aromatic amines is 1. The highest BCUT2D eigenvalue weighted by molar-refractivity contribution is 5.31. The van der Waals surface area contributed by atoms with E-state index in [0.717, 1.165) is 11.3 Å². The Hall–Kier alpha value is -2.04. The van der Waals surface area contributed by atoms with Crippen LogP contribution in [0.5, 0.6) is 5.75 Å². The van der Waals surface area contributed by atoms with E-state index in [1.807, 2.05) is 31.2 Å². The van der Waals surface area contributed by atoms with Crippen molar-refractivity contribution in [3.63, 3.8) is 0 Å². The van der Waals surface area contributed by atoms with Crippen molar-refractivity contribution in [1.29, 1.82) is 0 Å². The summed E-state index contributed by atoms with van der Waals surface area (Å²) >= 11 is 0. The van der Waals surface area contributed by atoms with Gasteiger partial charge in [-0.05, 0) is 18.6 Å². The Balaban J connectivity index is 2.11. The Labute approximate surface area is 92.7 Å². The molecule has 2 aromatic rings. The summed E-state index contributed by atoms with van der Waals surface area (Å²) in [5.74, 6) is 1.38. The molecule has 0 fully saturated rings. The molecule has 0 saturated carbocycles. The van der Waals surface area contributed by atoms with Gasteiger partial charge >= 0.3 is 5.69 Å². The Kier molecular flexibility index (Phi) is 2.76. The van der Waals surface area contributed by atoms with Gasteiger partial charge in [-0.3, -0.25) is 4.57 Å². The number of nitrogens with one attached hydrogen (secondary N) is 1. The SMILES string of the molecule is Cc1ccccc1OCc1n[nH]c(=O)n1C. The number of aromatic nitrogens is 3. The first-order valence-corrected chi connectivity index (χ1v) is 4.97. The van der Waals surface area contributed by atoms with E-state index in [9.17, 15) is 4.79 Å². The highest BCUT2D eigenvalue weighted by Gasteiger charge is 2.05. The van der Waals surface area contributed by atoms with Gasteiger partial charge in [0, 0.05) is 7.05 Å². The molecule has 5 heteroatoms. The van der Waals surface area contributed by atoms with Gasteiger partial charge < -0.3 is 4.74 Å². The molecule has 0 amide bonds. The minimum absolute atomic E-state index is 0.233. The van der Waals surface area contributed by atoms with Gasteiger partial charge in [0.05, 0.1) is 0 Å². The van der Waals surface area contributed by atoms with E-state index in [2.05, 4.69) is 10.2 Å². The first-order valence-electron chi connectivity index (χ1n) is 4.97. The molecule has 1 N–H and O–H groups in total. The molecule has 0 saturated heterocycles. The minimum Gasteiger partial charge on any atom is -0.485 e. The lowest BCUT2D eigenvalue weighted by Gasteiger charge is -2.07. The van der Waals surface area contributed by atoms with E-state index in [1.165, 1.54) is 4.57 Å². The molecule has 0 aliphatic rings. The third-order valence-corrected chi connectivity index (χ3v) is 2.42. The normalized spacial score (nSPS) is 10.4. The van der Waals surface area contributed by atoms with Gasteiger partial charge in [-0.2, -0.15) is 5.10 Å². The lowest BCUT2D eigenvalue weighted by Crippen LogP contribution is -2.15. The third-order valence-electron chi connectivity index (χ3n) is 2.42. The predicted octanol–water partition coefficient (Wildman–Crippen LogP) is 0.996. The van der Waals surface area contributed by atoms with Crippen LogP contribution < -0.4 is 10.4 Å². The van der Waals surface area contributed by atoms with Crippen LogP contribution >= 0.6 is 0 Å². The molecule has 0 atom stereocenters. The van der Waals surface area contributed by atoms with Crippen LogP contribution in [-0.2, 0) is 13.7 Å². The van der Waals surface area contributed by atoms with Crippen LogP contribution in [0.4, 0.5) is 0 Å². The second-order valence-corrected chi connectivity index (χ2v) is 3.56. The molecular formula is C11H13N3O2. The molecule has 0 spiro atoms. The van der Waals surface area contributed by atoms with Crippen molar-refractivity contribution in [3.05, 3.63) is 46.1 Å². The molecule has 0 aliphatic carbocycles. The van der Waals surface area contributed by atoms with Crippen LogP contribution in [0.2, 0.25) is 0 Å². The molecule has 0 aliphatic heterocycles. The molecule has 0 unspecified atom stereocenters. The Bertz CT molecular complexity index is 542. The fourth-order valence-electron chi connectivity index (χ4n) is 1.37. The lowest BCUT2D eigenvalue weighted by atomic mass is 10.2. The minimum atomic E-state index is -0.233. The quantitative estimate of drug-likeness (QED) is 0.837. The zero-order chi connectivity index (χ0) is 11.5. The second kappa shape index (κ2) is 4.22. The zero-order valence-corrected chi connectivity index (χ0v) is 9.23. The number of hydrogen-bond donors (Lipinski definition) is 1. The standard InChI is InChI=1S/C11H13N3O2/c1-8-5-3-4-6-9(8)16-7-10-12-13-11(15)14(10)2/h3-6H,7H2,1-2H3,(H,13,15). The number of hydrogen-bond acceptors (Lipinski definition) is 3. The Morgan fingerprint density at radius 2 is 2.19 bits per heavy atom. The van der Waals surface area contributed by atoms with Crippen molar-refractivity contribution >= 4 is 0 Å². The molecule has 1 aromatic carbocycles. The van der Waals surface area contributed by atoms with Gasteiger partial charge in [0.25, 0.3) is 0 Å². The van der Waals surface area contributed by atoms with E-state index in [0.29, 0.717) is 5.82 Å². The number of para-hydroxylation sites is 1. The number of aryl methyl sites for hydroxylation is 1. The van der Waals surface area contributed by atoms with Crippen LogP contribution in [0.3, 0.4) is 0 Å². The van der Waals surface area contributed by atoms with E-state index in [4.69, 9.17) is 4.74 Å². The fourth-order valence-corrected chi connectivity index (χ4v) is 1.37. The molecule has 1 aromatic heterocycles. The summed E-state index contributed by atoms with van der Waals surface area (Å²) in [5.41, 5.74) is 0.825. The Morgan fingerprint density at radius 3 is 2.81 bits per heavy atom. The van der Waals surface area contributed by atoms with E-state index >= 15 is 0 Å². The van der Waals surface area contributed by atoms with Crippen molar-refractivity contribution in [2.45, 2.75) is 13.5 Å². The largest absolute Gasteiger partial charge is 0.485 e. The summed E-state index contributed by atoms with van der Waals surface area (Å²) in [6.45, 7) is 2.25. The first kappa shape index (κ1) is 10.5. The smallest absolute Gasteiger partial charge is 0.343 e. The molecule has 84 valence electrons. The van der Waals surface area contributed by atoms with E-state index < -0.39 is 0 Å². The average Bonchev–Trinajstić information content (AvgIpc) is 2.59. The maximum Gasteiger partial charge on any atom is 0.343 e. The van der Waals surface area contributed by atoms with Gasteiger partial charge in [-0.25, -0.2) is 9.89 Å². The number of rotatable bonds is 3. The number of H-pyrrole nitrogens is 1. The van der Waals surface area contributed by atoms with Crippen LogP contribution in [0.1, 0.15) is 11.4 Å². The number of benzene rings is 1. The second-order valence-electron chi connectivity index (χ2n) is 3.56. The monoisotopic (exact) mass is 219 g/mol. The fraction of sp³-hybridized carbons (Fsp3) is 0.273. The maximum atomic E-state index is 11.1. The first-order chi connectivity index (χ1) is 7.68. The molecule has 1 heterocycles. The highest BCUT2D eigenvalue weighted by Crippen LogP contribution is 2.16. The van der Waals surface area contributed by atoms with Crippen LogP contribution in [-0.4, -0.2) is 14.8 Å². The van der Waals surface area contributed by atoms with Crippen LogP contribution in [0, 0.1) is 6.92 Å². The molecule has 5 nitrogen and oxygen atoms in total. The van der Waals surface area contributed by atoms with Gasteiger partial charge in [0.1, 0.15) is 12.4 Å². The molecule has 0 bridgehead atoms. The van der Waals surface area contributed by atoms with Gasteiger partial charge in [-0.15, -0.1) is 0 Å². The summed E-state index contributed by atoms with van der Waals surface area (Å²) in [6.07, 6.45) is 0. The van der Waals surface area contributed by atoms with Crippen molar-refractivity contribution in [1.82, 2.24) is 14.8 Å².